The van der Waals surface area contributed by atoms with Gasteiger partial charge in [0.2, 0.25) is 6.79 Å². The number of aliphatic hydroxyl groups is 1. The average molecular weight is 686 g/mol. The van der Waals surface area contributed by atoms with E-state index in [4.69, 9.17) is 18.9 Å². The molecule has 0 spiro atoms. The van der Waals surface area contributed by atoms with E-state index in [1.54, 1.807) is 31.0 Å². The fraction of sp³-hybridized carbons (Fsp3) is 0.529. The van der Waals surface area contributed by atoms with E-state index < -0.39 is 16.1 Å². The topological polar surface area (TPSA) is 145 Å². The van der Waals surface area contributed by atoms with Gasteiger partial charge in [-0.2, -0.15) is 8.42 Å². The minimum Gasteiger partial charge on any atom is -0.490 e. The number of hydrogen-bond acceptors (Lipinski definition) is 10. The number of aromatic nitrogens is 2. The highest BCUT2D eigenvalue weighted by atomic mass is 32.2. The summed E-state index contributed by atoms with van der Waals surface area (Å²) >= 11 is 0. The molecule has 2 aliphatic heterocycles. The first-order chi connectivity index (χ1) is 22.9. The number of nitrogens with one attached hydrogen (secondary N) is 1. The molecule has 0 aliphatic carbocycles. The predicted molar refractivity (Wildman–Crippen MR) is 180 cm³/mol. The molecule has 0 radical (unpaired) electrons. The number of ether oxygens (including phenoxy) is 4. The molecule has 2 aromatic carbocycles. The number of rotatable bonds is 9. The summed E-state index contributed by atoms with van der Waals surface area (Å²) in [4.78, 5) is 22.2. The van der Waals surface area contributed by atoms with E-state index in [1.165, 1.54) is 23.2 Å². The van der Waals surface area contributed by atoms with Crippen LogP contribution >= 0.6 is 0 Å². The van der Waals surface area contributed by atoms with Gasteiger partial charge in [-0.05, 0) is 76.1 Å². The molecule has 0 saturated heterocycles. The van der Waals surface area contributed by atoms with Gasteiger partial charge < -0.3 is 33.5 Å². The Hall–Kier alpha value is -3.85. The van der Waals surface area contributed by atoms with Gasteiger partial charge in [0.05, 0.1) is 36.7 Å². The summed E-state index contributed by atoms with van der Waals surface area (Å²) in [6, 6.07) is 10.1. The monoisotopic (exact) mass is 685 g/mol. The standard InChI is InChI=1S/C34H47N5O8S/c1-23-16-39(24(2)20-40)34(41)28-15-27(36-48(42,43)33-19-38(5)21-35-33)10-12-29(28)47-25(3)8-6-7-13-44-32(23)18-37(4)17-26-9-11-30-31(14-26)46-22-45-30/h9-12,14-15,19,21,23-25,32,36,40H,6-8,13,16-18,20,22H2,1-5H3/t23-,24-,25-,32-/m1/s1. The van der Waals surface area contributed by atoms with Gasteiger partial charge in [0.15, 0.2) is 16.5 Å². The smallest absolute Gasteiger partial charge is 0.280 e. The van der Waals surface area contributed by atoms with Gasteiger partial charge in [-0.15, -0.1) is 0 Å². The summed E-state index contributed by atoms with van der Waals surface area (Å²) in [7, 11) is -0.290. The van der Waals surface area contributed by atoms with Crippen molar-refractivity contribution in [1.29, 1.82) is 0 Å². The SMILES string of the molecule is C[C@@H]1CCCCO[C@H](CN(C)Cc2ccc3c(c2)OCO3)[C@H](C)CN([C@H](C)CO)C(=O)c2cc(NS(=O)(=O)c3cn(C)cn3)ccc2O1. The molecule has 13 nitrogen and oxygen atoms in total. The molecule has 0 fully saturated rings. The van der Waals surface area contributed by atoms with Gasteiger partial charge in [0, 0.05) is 51.1 Å². The molecule has 48 heavy (non-hydrogen) atoms. The Morgan fingerprint density at radius 2 is 1.88 bits per heavy atom. The van der Waals surface area contributed by atoms with Gasteiger partial charge in [-0.1, -0.05) is 13.0 Å². The molecule has 1 amide bonds. The summed E-state index contributed by atoms with van der Waals surface area (Å²) in [5.74, 6) is 1.34. The zero-order valence-electron chi connectivity index (χ0n) is 28.3. The van der Waals surface area contributed by atoms with Crippen molar-refractivity contribution in [2.75, 3.05) is 44.9 Å². The summed E-state index contributed by atoms with van der Waals surface area (Å²) in [5.41, 5.74) is 1.48. The second-order valence-electron chi connectivity index (χ2n) is 12.9. The molecule has 3 heterocycles. The Bertz CT molecular complexity index is 1660. The maximum Gasteiger partial charge on any atom is 0.280 e. The number of fused-ring (bicyclic) bond motifs is 2. The maximum absolute atomic E-state index is 14.4. The fourth-order valence-electron chi connectivity index (χ4n) is 5.91. The van der Waals surface area contributed by atoms with Crippen molar-refractivity contribution in [1.82, 2.24) is 19.4 Å². The summed E-state index contributed by atoms with van der Waals surface area (Å²) < 4.78 is 54.0. The number of amides is 1. The van der Waals surface area contributed by atoms with Crippen LogP contribution in [0, 0.1) is 5.92 Å². The van der Waals surface area contributed by atoms with Crippen LogP contribution in [0.3, 0.4) is 0 Å². The first-order valence-corrected chi connectivity index (χ1v) is 17.8. The number of anilines is 1. The highest BCUT2D eigenvalue weighted by Crippen LogP contribution is 2.33. The third kappa shape index (κ3) is 8.78. The van der Waals surface area contributed by atoms with E-state index in [0.29, 0.717) is 32.0 Å². The molecular weight excluding hydrogens is 638 g/mol. The lowest BCUT2D eigenvalue weighted by Crippen LogP contribution is -2.47. The number of benzene rings is 2. The molecular formula is C34H47N5O8S. The molecule has 4 atom stereocenters. The van der Waals surface area contributed by atoms with E-state index in [0.717, 1.165) is 36.3 Å². The van der Waals surface area contributed by atoms with E-state index in [2.05, 4.69) is 14.6 Å². The molecule has 2 aliphatic rings. The molecule has 3 aromatic rings. The van der Waals surface area contributed by atoms with Crippen molar-refractivity contribution >= 4 is 21.6 Å². The van der Waals surface area contributed by atoms with Crippen molar-refractivity contribution in [2.45, 2.75) is 69.9 Å². The molecule has 0 saturated carbocycles. The molecule has 2 N–H and O–H groups in total. The van der Waals surface area contributed by atoms with Gasteiger partial charge >= 0.3 is 0 Å². The Balaban J connectivity index is 1.40. The number of aryl methyl sites for hydroxylation is 1. The number of carbonyl (C=O) groups excluding carboxylic acids is 1. The number of imidazole rings is 1. The lowest BCUT2D eigenvalue weighted by molar-refractivity contribution is -0.0177. The molecule has 0 bridgehead atoms. The quantitative estimate of drug-likeness (QED) is 0.341. The van der Waals surface area contributed by atoms with E-state index >= 15 is 0 Å². The minimum atomic E-state index is -4.01. The highest BCUT2D eigenvalue weighted by Gasteiger charge is 2.31. The molecule has 262 valence electrons. The van der Waals surface area contributed by atoms with Crippen LogP contribution < -0.4 is 18.9 Å². The van der Waals surface area contributed by atoms with Gasteiger partial charge in [0.1, 0.15) is 5.75 Å². The van der Waals surface area contributed by atoms with Crippen LogP contribution in [0.15, 0.2) is 53.9 Å². The van der Waals surface area contributed by atoms with Crippen LogP contribution in [0.4, 0.5) is 5.69 Å². The van der Waals surface area contributed by atoms with Crippen molar-refractivity contribution in [2.24, 2.45) is 13.0 Å². The number of sulfonamides is 1. The van der Waals surface area contributed by atoms with E-state index in [-0.39, 0.29) is 53.7 Å². The molecule has 0 unspecified atom stereocenters. The molecule has 5 rings (SSSR count). The van der Waals surface area contributed by atoms with Crippen LogP contribution in [0.2, 0.25) is 0 Å². The summed E-state index contributed by atoms with van der Waals surface area (Å²) in [6.07, 6.45) is 4.84. The lowest BCUT2D eigenvalue weighted by Gasteiger charge is -2.36. The summed E-state index contributed by atoms with van der Waals surface area (Å²) in [5, 5.41) is 10.1. The zero-order chi connectivity index (χ0) is 34.4. The number of aliphatic hydroxyl groups excluding tert-OH is 1. The van der Waals surface area contributed by atoms with Gasteiger partial charge in [-0.3, -0.25) is 14.4 Å². The first kappa shape index (κ1) is 35.5. The number of nitrogens with zero attached hydrogens (tertiary/aromatic N) is 4. The van der Waals surface area contributed by atoms with Crippen molar-refractivity contribution in [3.63, 3.8) is 0 Å². The van der Waals surface area contributed by atoms with Gasteiger partial charge in [0.25, 0.3) is 15.9 Å². The largest absolute Gasteiger partial charge is 0.490 e. The van der Waals surface area contributed by atoms with Crippen LogP contribution in [-0.4, -0.2) is 97.2 Å². The minimum absolute atomic E-state index is 0.112. The number of hydrogen-bond donors (Lipinski definition) is 2. The van der Waals surface area contributed by atoms with Crippen LogP contribution in [0.1, 0.15) is 56.0 Å². The number of carbonyl (C=O) groups is 1. The lowest BCUT2D eigenvalue weighted by atomic mass is 10.0. The second-order valence-corrected chi connectivity index (χ2v) is 14.5. The summed E-state index contributed by atoms with van der Waals surface area (Å²) in [6.45, 7) is 7.88. The molecule has 1 aromatic heterocycles. The zero-order valence-corrected chi connectivity index (χ0v) is 29.1. The van der Waals surface area contributed by atoms with Crippen molar-refractivity contribution in [3.8, 4) is 17.2 Å². The third-order valence-corrected chi connectivity index (χ3v) is 9.91. The Kier molecular flexibility index (Phi) is 11.5. The normalized spacial score (nSPS) is 21.4. The third-order valence-electron chi connectivity index (χ3n) is 8.64. The molecule has 14 heteroatoms. The average Bonchev–Trinajstić information content (AvgIpc) is 3.71. The van der Waals surface area contributed by atoms with Crippen molar-refractivity contribution in [3.05, 3.63) is 60.0 Å². The second kappa shape index (κ2) is 15.6. The van der Waals surface area contributed by atoms with E-state index in [1.807, 2.05) is 39.1 Å². The fourth-order valence-corrected chi connectivity index (χ4v) is 6.94. The van der Waals surface area contributed by atoms with Crippen LogP contribution in [-0.2, 0) is 28.4 Å². The Labute approximate surface area is 282 Å². The predicted octanol–water partition coefficient (Wildman–Crippen LogP) is 3.88. The first-order valence-electron chi connectivity index (χ1n) is 16.4. The van der Waals surface area contributed by atoms with Crippen LogP contribution in [0.5, 0.6) is 17.2 Å². The van der Waals surface area contributed by atoms with Gasteiger partial charge in [-0.25, -0.2) is 4.98 Å². The highest BCUT2D eigenvalue weighted by molar-refractivity contribution is 7.92. The number of likely N-dealkylation sites (N-methyl/N-ethyl adjacent to an activating group) is 1. The van der Waals surface area contributed by atoms with Crippen LogP contribution in [0.25, 0.3) is 0 Å². The Morgan fingerprint density at radius 3 is 2.62 bits per heavy atom. The maximum atomic E-state index is 14.4. The Morgan fingerprint density at radius 1 is 1.10 bits per heavy atom. The van der Waals surface area contributed by atoms with E-state index in [9.17, 15) is 18.3 Å². The van der Waals surface area contributed by atoms with Crippen molar-refractivity contribution < 1.29 is 37.3 Å².